The van der Waals surface area contributed by atoms with Crippen LogP contribution in [0.5, 0.6) is 0 Å². The Kier molecular flexibility index (Phi) is 4.75. The summed E-state index contributed by atoms with van der Waals surface area (Å²) >= 11 is 2.54. The molecule has 0 bridgehead atoms. The monoisotopic (exact) mass is 296 g/mol. The zero-order valence-electron chi connectivity index (χ0n) is 10.00. The van der Waals surface area contributed by atoms with Gasteiger partial charge >= 0.3 is 0 Å². The van der Waals surface area contributed by atoms with Gasteiger partial charge in [0.05, 0.1) is 5.75 Å². The lowest BCUT2D eigenvalue weighted by Gasteiger charge is -2.12. The van der Waals surface area contributed by atoms with Gasteiger partial charge < -0.3 is 5.32 Å². The Morgan fingerprint density at radius 2 is 2.32 bits per heavy atom. The first kappa shape index (κ1) is 13.8. The Morgan fingerprint density at radius 3 is 2.95 bits per heavy atom. The van der Waals surface area contributed by atoms with Crippen molar-refractivity contribution in [3.8, 4) is 0 Å². The smallest absolute Gasteiger partial charge is 0.288 e. The molecule has 0 spiro atoms. The Bertz CT molecular complexity index is 495. The number of thiophene rings is 1. The van der Waals surface area contributed by atoms with Crippen LogP contribution in [0.1, 0.15) is 4.88 Å². The third-order valence-corrected chi connectivity index (χ3v) is 4.11. The van der Waals surface area contributed by atoms with E-state index in [1.165, 1.54) is 6.08 Å². The number of imide groups is 1. The van der Waals surface area contributed by atoms with Gasteiger partial charge in [-0.1, -0.05) is 17.8 Å². The van der Waals surface area contributed by atoms with Crippen molar-refractivity contribution in [3.05, 3.63) is 28.5 Å². The van der Waals surface area contributed by atoms with E-state index in [1.807, 2.05) is 17.5 Å². The Morgan fingerprint density at radius 1 is 1.47 bits per heavy atom. The molecule has 1 aliphatic rings. The molecule has 3 amide bonds. The van der Waals surface area contributed by atoms with Crippen LogP contribution in [0.2, 0.25) is 0 Å². The second-order valence-corrected chi connectivity index (χ2v) is 5.65. The maximum atomic E-state index is 11.5. The topological polar surface area (TPSA) is 66.5 Å². The number of rotatable bonds is 5. The molecule has 19 heavy (non-hydrogen) atoms. The zero-order chi connectivity index (χ0) is 13.7. The van der Waals surface area contributed by atoms with Gasteiger partial charge in [-0.2, -0.15) is 0 Å². The Labute approximate surface area is 118 Å². The predicted octanol–water partition coefficient (Wildman–Crippen LogP) is 1.57. The van der Waals surface area contributed by atoms with E-state index in [9.17, 15) is 14.4 Å². The zero-order valence-corrected chi connectivity index (χ0v) is 11.6. The quantitative estimate of drug-likeness (QED) is 0.838. The molecule has 0 aliphatic carbocycles. The minimum Gasteiger partial charge on any atom is -0.351 e. The van der Waals surface area contributed by atoms with E-state index in [-0.39, 0.29) is 35.9 Å². The van der Waals surface area contributed by atoms with E-state index in [0.29, 0.717) is 0 Å². The number of hydrogen-bond donors (Lipinski definition) is 1. The molecular weight excluding hydrogens is 284 g/mol. The molecule has 0 saturated carbocycles. The summed E-state index contributed by atoms with van der Waals surface area (Å²) in [7, 11) is 0. The number of amides is 3. The highest BCUT2D eigenvalue weighted by atomic mass is 32.2. The fraction of sp³-hybridized carbons (Fsp3) is 0.250. The Balaban J connectivity index is 1.72. The van der Waals surface area contributed by atoms with Crippen LogP contribution in [-0.4, -0.2) is 40.8 Å². The average Bonchev–Trinajstić information content (AvgIpc) is 3.00. The van der Waals surface area contributed by atoms with Gasteiger partial charge in [-0.15, -0.1) is 11.3 Å². The third kappa shape index (κ3) is 3.93. The van der Waals surface area contributed by atoms with Crippen LogP contribution in [0.25, 0.3) is 6.08 Å². The standard InChI is InChI=1S/C12H12N2O3S2/c15-10(4-3-9-2-1-7-18-9)13-5-6-14-11(16)8-19-12(14)17/h1-4,7H,5-6,8H2,(H,13,15)/b4-3+. The lowest BCUT2D eigenvalue weighted by molar-refractivity contribution is -0.125. The fourth-order valence-corrected chi connectivity index (χ4v) is 2.86. The largest absolute Gasteiger partial charge is 0.351 e. The van der Waals surface area contributed by atoms with E-state index < -0.39 is 0 Å². The normalized spacial score (nSPS) is 15.5. The first-order chi connectivity index (χ1) is 9.16. The highest BCUT2D eigenvalue weighted by Gasteiger charge is 2.29. The molecule has 2 heterocycles. The summed E-state index contributed by atoms with van der Waals surface area (Å²) in [6.07, 6.45) is 3.16. The van der Waals surface area contributed by atoms with E-state index in [2.05, 4.69) is 5.32 Å². The predicted molar refractivity (Wildman–Crippen MR) is 75.9 cm³/mol. The summed E-state index contributed by atoms with van der Waals surface area (Å²) < 4.78 is 0. The molecule has 0 atom stereocenters. The van der Waals surface area contributed by atoms with Gasteiger partial charge in [0.1, 0.15) is 0 Å². The van der Waals surface area contributed by atoms with Crippen LogP contribution in [0.3, 0.4) is 0 Å². The SMILES string of the molecule is O=C(/C=C/c1cccs1)NCCN1C(=O)CSC1=O. The molecule has 0 aromatic carbocycles. The van der Waals surface area contributed by atoms with Crippen LogP contribution in [0.15, 0.2) is 23.6 Å². The van der Waals surface area contributed by atoms with Crippen molar-refractivity contribution in [3.63, 3.8) is 0 Å². The molecule has 1 fully saturated rings. The molecule has 1 N–H and O–H groups in total. The van der Waals surface area contributed by atoms with E-state index in [4.69, 9.17) is 0 Å². The van der Waals surface area contributed by atoms with Gasteiger partial charge in [0, 0.05) is 24.0 Å². The number of thioether (sulfide) groups is 1. The number of hydrogen-bond acceptors (Lipinski definition) is 5. The summed E-state index contributed by atoms with van der Waals surface area (Å²) in [5.41, 5.74) is 0. The van der Waals surface area contributed by atoms with E-state index >= 15 is 0 Å². The molecule has 1 saturated heterocycles. The van der Waals surface area contributed by atoms with Gasteiger partial charge in [-0.25, -0.2) is 0 Å². The van der Waals surface area contributed by atoms with Crippen molar-refractivity contribution in [1.29, 1.82) is 0 Å². The third-order valence-electron chi connectivity index (χ3n) is 2.42. The first-order valence-corrected chi connectivity index (χ1v) is 7.50. The molecule has 5 nitrogen and oxygen atoms in total. The summed E-state index contributed by atoms with van der Waals surface area (Å²) in [4.78, 5) is 36.2. The van der Waals surface area contributed by atoms with Crippen LogP contribution in [0.4, 0.5) is 4.79 Å². The molecule has 7 heteroatoms. The molecular formula is C12H12N2O3S2. The molecule has 2 rings (SSSR count). The van der Waals surface area contributed by atoms with Crippen LogP contribution in [-0.2, 0) is 9.59 Å². The van der Waals surface area contributed by atoms with Gasteiger partial charge in [0.2, 0.25) is 11.8 Å². The molecule has 0 unspecified atom stereocenters. The van der Waals surface area contributed by atoms with Crippen molar-refractivity contribution in [1.82, 2.24) is 10.2 Å². The van der Waals surface area contributed by atoms with Gasteiger partial charge in [-0.05, 0) is 17.5 Å². The molecule has 1 aromatic heterocycles. The van der Waals surface area contributed by atoms with E-state index in [0.717, 1.165) is 21.5 Å². The van der Waals surface area contributed by atoms with Crippen molar-refractivity contribution in [2.24, 2.45) is 0 Å². The van der Waals surface area contributed by atoms with Gasteiger partial charge in [0.15, 0.2) is 0 Å². The molecule has 100 valence electrons. The number of carbonyl (C=O) groups is 3. The van der Waals surface area contributed by atoms with Crippen molar-refractivity contribution in [2.45, 2.75) is 0 Å². The lowest BCUT2D eigenvalue weighted by Crippen LogP contribution is -2.36. The van der Waals surface area contributed by atoms with Crippen molar-refractivity contribution in [2.75, 3.05) is 18.8 Å². The summed E-state index contributed by atoms with van der Waals surface area (Å²) in [6.45, 7) is 0.495. The highest BCUT2D eigenvalue weighted by molar-refractivity contribution is 8.14. The highest BCUT2D eigenvalue weighted by Crippen LogP contribution is 2.17. The van der Waals surface area contributed by atoms with E-state index in [1.54, 1.807) is 17.4 Å². The maximum absolute atomic E-state index is 11.5. The summed E-state index contributed by atoms with van der Waals surface area (Å²) in [5.74, 6) is -0.232. The van der Waals surface area contributed by atoms with Crippen molar-refractivity contribution < 1.29 is 14.4 Å². The molecule has 1 aliphatic heterocycles. The summed E-state index contributed by atoms with van der Waals surface area (Å²) in [5, 5.41) is 4.32. The second-order valence-electron chi connectivity index (χ2n) is 3.74. The van der Waals surface area contributed by atoms with Crippen LogP contribution < -0.4 is 5.32 Å². The second kappa shape index (κ2) is 6.53. The number of nitrogens with one attached hydrogen (secondary N) is 1. The Hall–Kier alpha value is -1.60. The minimum atomic E-state index is -0.242. The summed E-state index contributed by atoms with van der Waals surface area (Å²) in [6, 6.07) is 3.82. The lowest BCUT2D eigenvalue weighted by atomic mass is 10.4. The molecule has 1 aromatic rings. The van der Waals surface area contributed by atoms with Crippen LogP contribution in [0, 0.1) is 0 Å². The average molecular weight is 296 g/mol. The number of carbonyl (C=O) groups excluding carboxylic acids is 3. The molecule has 0 radical (unpaired) electrons. The fourth-order valence-electron chi connectivity index (χ4n) is 1.49. The van der Waals surface area contributed by atoms with Crippen molar-refractivity contribution >= 4 is 46.2 Å². The van der Waals surface area contributed by atoms with Gasteiger partial charge in [0.25, 0.3) is 5.24 Å². The minimum absolute atomic E-state index is 0.196. The first-order valence-electron chi connectivity index (χ1n) is 5.63. The van der Waals surface area contributed by atoms with Crippen LogP contribution >= 0.6 is 23.1 Å². The maximum Gasteiger partial charge on any atom is 0.288 e. The number of nitrogens with zero attached hydrogens (tertiary/aromatic N) is 1. The van der Waals surface area contributed by atoms with Gasteiger partial charge in [-0.3, -0.25) is 19.3 Å².